The second kappa shape index (κ2) is 10.1. The standard InChI is InChI=1S/C30H23FN8S/c1-17-7-8-23(40-17)28-27-21(9-10-34-28)36-30(37-27)29-24-22(38-39-29)16-35-26(25(24)31)20-11-19(14-33-15-20)13-32-12-18-5-3-2-4-6-18/h2-11,14-16,32H,12-13H2,1H3,(H,36,37)(H,38,39). The van der Waals surface area contributed by atoms with Crippen LogP contribution < -0.4 is 5.32 Å². The van der Waals surface area contributed by atoms with Gasteiger partial charge in [-0.2, -0.15) is 5.10 Å². The molecular formula is C30H23FN8S. The smallest absolute Gasteiger partial charge is 0.161 e. The molecule has 7 rings (SSSR count). The van der Waals surface area contributed by atoms with Crippen LogP contribution in [0.1, 0.15) is 16.0 Å². The number of hydrogen-bond acceptors (Lipinski definition) is 7. The van der Waals surface area contributed by atoms with Gasteiger partial charge in [0.2, 0.25) is 0 Å². The van der Waals surface area contributed by atoms with E-state index in [9.17, 15) is 0 Å². The van der Waals surface area contributed by atoms with Crippen LogP contribution in [0.5, 0.6) is 0 Å². The minimum absolute atomic E-state index is 0.208. The number of nitrogens with zero attached hydrogens (tertiary/aromatic N) is 5. The summed E-state index contributed by atoms with van der Waals surface area (Å²) in [5.41, 5.74) is 6.09. The summed E-state index contributed by atoms with van der Waals surface area (Å²) in [5.74, 6) is -0.0260. The van der Waals surface area contributed by atoms with Gasteiger partial charge in [0, 0.05) is 42.1 Å². The lowest BCUT2D eigenvalue weighted by Gasteiger charge is -2.08. The van der Waals surface area contributed by atoms with Gasteiger partial charge in [0.15, 0.2) is 11.6 Å². The van der Waals surface area contributed by atoms with Crippen LogP contribution in [0.25, 0.3) is 55.3 Å². The summed E-state index contributed by atoms with van der Waals surface area (Å²) < 4.78 is 16.1. The maximum Gasteiger partial charge on any atom is 0.161 e. The lowest BCUT2D eigenvalue weighted by Crippen LogP contribution is -2.12. The molecule has 0 unspecified atom stereocenters. The van der Waals surface area contributed by atoms with E-state index in [1.807, 2.05) is 36.4 Å². The Bertz CT molecular complexity index is 1970. The number of aromatic amines is 2. The fourth-order valence-electron chi connectivity index (χ4n) is 4.80. The number of rotatable bonds is 7. The van der Waals surface area contributed by atoms with Crippen molar-refractivity contribution in [2.75, 3.05) is 0 Å². The number of imidazole rings is 1. The van der Waals surface area contributed by atoms with E-state index in [4.69, 9.17) is 4.98 Å². The lowest BCUT2D eigenvalue weighted by molar-refractivity contribution is 0.638. The van der Waals surface area contributed by atoms with Crippen molar-refractivity contribution in [2.24, 2.45) is 0 Å². The Kier molecular flexibility index (Phi) is 6.10. The van der Waals surface area contributed by atoms with E-state index in [1.54, 1.807) is 36.1 Å². The van der Waals surface area contributed by atoms with Crippen LogP contribution in [-0.4, -0.2) is 35.1 Å². The van der Waals surface area contributed by atoms with E-state index in [0.717, 1.165) is 28.2 Å². The minimum atomic E-state index is -0.481. The number of pyridine rings is 3. The molecule has 10 heteroatoms. The zero-order valence-electron chi connectivity index (χ0n) is 21.4. The molecule has 0 atom stereocenters. The van der Waals surface area contributed by atoms with Gasteiger partial charge in [-0.05, 0) is 42.3 Å². The number of nitrogens with one attached hydrogen (secondary N) is 3. The second-order valence-corrected chi connectivity index (χ2v) is 10.8. The molecule has 6 heterocycles. The molecule has 40 heavy (non-hydrogen) atoms. The predicted molar refractivity (Wildman–Crippen MR) is 155 cm³/mol. The molecule has 0 saturated heterocycles. The lowest BCUT2D eigenvalue weighted by atomic mass is 10.1. The van der Waals surface area contributed by atoms with Crippen molar-refractivity contribution >= 4 is 33.3 Å². The average molecular weight is 547 g/mol. The van der Waals surface area contributed by atoms with Crippen LogP contribution in [0.3, 0.4) is 0 Å². The molecule has 0 fully saturated rings. The number of benzene rings is 1. The van der Waals surface area contributed by atoms with E-state index in [2.05, 4.69) is 60.6 Å². The van der Waals surface area contributed by atoms with Crippen molar-refractivity contribution < 1.29 is 4.39 Å². The molecule has 0 amide bonds. The van der Waals surface area contributed by atoms with E-state index < -0.39 is 5.82 Å². The highest BCUT2D eigenvalue weighted by molar-refractivity contribution is 7.15. The first kappa shape index (κ1) is 24.3. The molecule has 0 aliphatic heterocycles. The summed E-state index contributed by atoms with van der Waals surface area (Å²) in [6.45, 7) is 3.37. The third-order valence-electron chi connectivity index (χ3n) is 6.71. The molecular weight excluding hydrogens is 523 g/mol. The van der Waals surface area contributed by atoms with Gasteiger partial charge in [0.1, 0.15) is 22.6 Å². The molecule has 0 aliphatic rings. The zero-order valence-corrected chi connectivity index (χ0v) is 22.3. The normalized spacial score (nSPS) is 11.6. The van der Waals surface area contributed by atoms with E-state index in [1.165, 1.54) is 10.4 Å². The van der Waals surface area contributed by atoms with Gasteiger partial charge in [0.25, 0.3) is 0 Å². The highest BCUT2D eigenvalue weighted by Gasteiger charge is 2.21. The Labute approximate surface area is 232 Å². The number of thiophene rings is 1. The third-order valence-corrected chi connectivity index (χ3v) is 7.72. The van der Waals surface area contributed by atoms with E-state index in [-0.39, 0.29) is 5.69 Å². The Balaban J connectivity index is 1.23. The van der Waals surface area contributed by atoms with Gasteiger partial charge >= 0.3 is 0 Å². The maximum absolute atomic E-state index is 16.1. The van der Waals surface area contributed by atoms with Crippen molar-refractivity contribution in [3.05, 3.63) is 101 Å². The molecule has 3 N–H and O–H groups in total. The van der Waals surface area contributed by atoms with Crippen LogP contribution in [0.2, 0.25) is 0 Å². The average Bonchev–Trinajstić information content (AvgIpc) is 3.72. The number of H-pyrrole nitrogens is 2. The molecule has 0 aliphatic carbocycles. The Morgan fingerprint density at radius 1 is 0.875 bits per heavy atom. The van der Waals surface area contributed by atoms with Crippen molar-refractivity contribution in [3.8, 4) is 33.3 Å². The molecule has 6 aromatic heterocycles. The summed E-state index contributed by atoms with van der Waals surface area (Å²) in [5, 5.41) is 11.0. The molecule has 8 nitrogen and oxygen atoms in total. The van der Waals surface area contributed by atoms with E-state index in [0.29, 0.717) is 40.0 Å². The second-order valence-electron chi connectivity index (χ2n) is 9.50. The molecule has 0 spiro atoms. The largest absolute Gasteiger partial charge is 0.336 e. The molecule has 0 radical (unpaired) electrons. The number of aromatic nitrogens is 7. The summed E-state index contributed by atoms with van der Waals surface area (Å²) in [6.07, 6.45) is 6.74. The van der Waals surface area contributed by atoms with Crippen molar-refractivity contribution in [1.29, 1.82) is 0 Å². The maximum atomic E-state index is 16.1. The number of aryl methyl sites for hydroxylation is 1. The first-order valence-corrected chi connectivity index (χ1v) is 13.6. The summed E-state index contributed by atoms with van der Waals surface area (Å²) >= 11 is 1.65. The predicted octanol–water partition coefficient (Wildman–Crippen LogP) is 6.42. The van der Waals surface area contributed by atoms with Gasteiger partial charge in [0.05, 0.1) is 27.5 Å². The molecule has 1 aromatic carbocycles. The van der Waals surface area contributed by atoms with Crippen LogP contribution in [0.4, 0.5) is 4.39 Å². The van der Waals surface area contributed by atoms with Gasteiger partial charge in [-0.1, -0.05) is 30.3 Å². The zero-order chi connectivity index (χ0) is 27.1. The Morgan fingerprint density at radius 3 is 2.60 bits per heavy atom. The van der Waals surface area contributed by atoms with Crippen molar-refractivity contribution in [1.82, 2.24) is 40.4 Å². The van der Waals surface area contributed by atoms with E-state index >= 15 is 4.39 Å². The quantitative estimate of drug-likeness (QED) is 0.213. The van der Waals surface area contributed by atoms with Crippen LogP contribution in [0, 0.1) is 12.7 Å². The monoisotopic (exact) mass is 546 g/mol. The van der Waals surface area contributed by atoms with Gasteiger partial charge in [-0.3, -0.25) is 20.1 Å². The van der Waals surface area contributed by atoms with Crippen molar-refractivity contribution in [3.63, 3.8) is 0 Å². The summed E-state index contributed by atoms with van der Waals surface area (Å²) in [7, 11) is 0. The van der Waals surface area contributed by atoms with Gasteiger partial charge in [-0.25, -0.2) is 9.37 Å². The van der Waals surface area contributed by atoms with Crippen LogP contribution in [0.15, 0.2) is 79.4 Å². The molecule has 0 saturated carbocycles. The number of hydrogen-bond donors (Lipinski definition) is 3. The topological polar surface area (TPSA) is 108 Å². The SMILES string of the molecule is Cc1ccc(-c2nccc3[nH]c(-c4n[nH]c5cnc(-c6cncc(CNCc7ccccc7)c6)c(F)c45)nc23)s1. The fraction of sp³-hybridized carbons (Fsp3) is 0.100. The highest BCUT2D eigenvalue weighted by atomic mass is 32.1. The molecule has 196 valence electrons. The highest BCUT2D eigenvalue weighted by Crippen LogP contribution is 2.35. The number of halogens is 1. The minimum Gasteiger partial charge on any atom is -0.336 e. The van der Waals surface area contributed by atoms with Crippen LogP contribution >= 0.6 is 11.3 Å². The molecule has 0 bridgehead atoms. The molecule has 7 aromatic rings. The summed E-state index contributed by atoms with van der Waals surface area (Å²) in [4.78, 5) is 23.6. The Hall–Kier alpha value is -4.80. The van der Waals surface area contributed by atoms with Gasteiger partial charge in [-0.15, -0.1) is 11.3 Å². The fourth-order valence-corrected chi connectivity index (χ4v) is 5.66. The first-order chi connectivity index (χ1) is 19.6. The first-order valence-electron chi connectivity index (χ1n) is 12.8. The summed E-state index contributed by atoms with van der Waals surface area (Å²) in [6, 6.07) is 18.0. The van der Waals surface area contributed by atoms with Gasteiger partial charge < -0.3 is 10.3 Å². The third kappa shape index (κ3) is 4.42. The number of fused-ring (bicyclic) bond motifs is 2. The van der Waals surface area contributed by atoms with Crippen molar-refractivity contribution in [2.45, 2.75) is 20.0 Å². The Morgan fingerprint density at radius 2 is 1.75 bits per heavy atom. The van der Waals surface area contributed by atoms with Crippen LogP contribution in [-0.2, 0) is 13.1 Å².